The molecule has 0 aromatic carbocycles. The van der Waals surface area contributed by atoms with Crippen LogP contribution in [-0.2, 0) is 0 Å². The average molecular weight is 181 g/mol. The molecule has 74 valence electrons. The maximum atomic E-state index is 9.73. The van der Waals surface area contributed by atoms with Crippen LogP contribution in [0.3, 0.4) is 0 Å². The molecule has 0 spiro atoms. The van der Waals surface area contributed by atoms with E-state index in [0.717, 1.165) is 37.8 Å². The van der Waals surface area contributed by atoms with Crippen molar-refractivity contribution in [3.63, 3.8) is 0 Å². The van der Waals surface area contributed by atoms with Gasteiger partial charge in [0.2, 0.25) is 0 Å². The zero-order valence-electron chi connectivity index (χ0n) is 8.21. The smallest absolute Gasteiger partial charge is 0.0662 e. The summed E-state index contributed by atoms with van der Waals surface area (Å²) < 4.78 is 0. The van der Waals surface area contributed by atoms with Gasteiger partial charge < -0.3 is 5.11 Å². The van der Waals surface area contributed by atoms with Gasteiger partial charge in [0.25, 0.3) is 0 Å². The molecule has 1 saturated heterocycles. The van der Waals surface area contributed by atoms with E-state index in [1.54, 1.807) is 0 Å². The van der Waals surface area contributed by atoms with E-state index < -0.39 is 0 Å². The van der Waals surface area contributed by atoms with E-state index >= 15 is 0 Å². The first-order valence-electron chi connectivity index (χ1n) is 5.73. The number of nitrogens with zero attached hydrogens (tertiary/aromatic N) is 1. The Morgan fingerprint density at radius 3 is 3.00 bits per heavy atom. The predicted octanol–water partition coefficient (Wildman–Crippen LogP) is 1.39. The van der Waals surface area contributed by atoms with Crippen LogP contribution in [0.2, 0.25) is 0 Å². The third-order valence-electron chi connectivity index (χ3n) is 4.07. The minimum Gasteiger partial charge on any atom is -0.390 e. The van der Waals surface area contributed by atoms with Crippen LogP contribution in [0.15, 0.2) is 0 Å². The Kier molecular flexibility index (Phi) is 1.72. The molecule has 13 heavy (non-hydrogen) atoms. The van der Waals surface area contributed by atoms with E-state index in [1.165, 1.54) is 25.8 Å². The molecular formula is C11H19NO. The highest BCUT2D eigenvalue weighted by molar-refractivity contribution is 5.00. The molecule has 0 radical (unpaired) electrons. The van der Waals surface area contributed by atoms with Gasteiger partial charge in [-0.15, -0.1) is 0 Å². The van der Waals surface area contributed by atoms with Gasteiger partial charge in [0.05, 0.1) is 5.60 Å². The van der Waals surface area contributed by atoms with E-state index in [9.17, 15) is 5.11 Å². The number of piperidine rings is 1. The highest BCUT2D eigenvalue weighted by Crippen LogP contribution is 2.44. The second-order valence-corrected chi connectivity index (χ2v) is 5.22. The van der Waals surface area contributed by atoms with Crippen molar-refractivity contribution < 1.29 is 5.11 Å². The molecule has 3 rings (SSSR count). The van der Waals surface area contributed by atoms with Gasteiger partial charge in [-0.2, -0.15) is 0 Å². The van der Waals surface area contributed by atoms with Gasteiger partial charge in [-0.1, -0.05) is 0 Å². The molecule has 1 heterocycles. The summed E-state index contributed by atoms with van der Waals surface area (Å²) in [7, 11) is 0. The summed E-state index contributed by atoms with van der Waals surface area (Å²) in [5.41, 5.74) is -0.234. The zero-order chi connectivity index (χ0) is 8.89. The Bertz CT molecular complexity index is 212. The van der Waals surface area contributed by atoms with E-state index in [2.05, 4.69) is 4.90 Å². The summed E-state index contributed by atoms with van der Waals surface area (Å²) in [6.07, 6.45) is 7.42. The molecule has 3 fully saturated rings. The Hall–Kier alpha value is -0.0800. The quantitative estimate of drug-likeness (QED) is 0.711. The Morgan fingerprint density at radius 1 is 1.38 bits per heavy atom. The average Bonchev–Trinajstić information content (AvgIpc) is 2.97. The molecule has 2 heteroatoms. The van der Waals surface area contributed by atoms with Crippen LogP contribution in [0.4, 0.5) is 0 Å². The Labute approximate surface area is 79.9 Å². The van der Waals surface area contributed by atoms with Crippen molar-refractivity contribution in [1.82, 2.24) is 4.90 Å². The summed E-state index contributed by atoms with van der Waals surface area (Å²) in [6.45, 7) is 2.44. The molecule has 0 aromatic heterocycles. The first-order chi connectivity index (χ1) is 6.27. The van der Waals surface area contributed by atoms with Crippen molar-refractivity contribution in [2.24, 2.45) is 5.92 Å². The SMILES string of the molecule is OC1(CCN2CCC[C@@H]3C[C@@H]32)CC1. The van der Waals surface area contributed by atoms with Crippen molar-refractivity contribution in [3.8, 4) is 0 Å². The van der Waals surface area contributed by atoms with Gasteiger partial charge in [0, 0.05) is 12.6 Å². The number of aliphatic hydroxyl groups is 1. The fraction of sp³-hybridized carbons (Fsp3) is 1.00. The monoisotopic (exact) mass is 181 g/mol. The van der Waals surface area contributed by atoms with E-state index in [-0.39, 0.29) is 5.60 Å². The molecule has 0 unspecified atom stereocenters. The molecule has 0 aromatic rings. The summed E-state index contributed by atoms with van der Waals surface area (Å²) >= 11 is 0. The molecular weight excluding hydrogens is 162 g/mol. The van der Waals surface area contributed by atoms with Crippen LogP contribution in [0, 0.1) is 5.92 Å². The fourth-order valence-corrected chi connectivity index (χ4v) is 2.74. The second-order valence-electron chi connectivity index (χ2n) is 5.22. The highest BCUT2D eigenvalue weighted by Gasteiger charge is 2.46. The minimum atomic E-state index is -0.234. The number of hydrogen-bond acceptors (Lipinski definition) is 2. The number of likely N-dealkylation sites (tertiary alicyclic amines) is 1. The third kappa shape index (κ3) is 1.62. The van der Waals surface area contributed by atoms with Gasteiger partial charge in [-0.05, 0) is 51.0 Å². The second kappa shape index (κ2) is 2.71. The molecule has 2 atom stereocenters. The van der Waals surface area contributed by atoms with Crippen molar-refractivity contribution >= 4 is 0 Å². The summed E-state index contributed by atoms with van der Waals surface area (Å²) in [5.74, 6) is 1.03. The van der Waals surface area contributed by atoms with Gasteiger partial charge in [-0.25, -0.2) is 0 Å². The van der Waals surface area contributed by atoms with Gasteiger partial charge >= 0.3 is 0 Å². The lowest BCUT2D eigenvalue weighted by Gasteiger charge is -2.27. The zero-order valence-corrected chi connectivity index (χ0v) is 8.21. The van der Waals surface area contributed by atoms with Crippen LogP contribution >= 0.6 is 0 Å². The molecule has 0 amide bonds. The van der Waals surface area contributed by atoms with E-state index in [1.807, 2.05) is 0 Å². The summed E-state index contributed by atoms with van der Waals surface area (Å²) in [6, 6.07) is 0.913. The molecule has 2 saturated carbocycles. The minimum absolute atomic E-state index is 0.234. The van der Waals surface area contributed by atoms with Crippen LogP contribution in [0.25, 0.3) is 0 Å². The highest BCUT2D eigenvalue weighted by atomic mass is 16.3. The van der Waals surface area contributed by atoms with E-state index in [4.69, 9.17) is 0 Å². The number of hydrogen-bond donors (Lipinski definition) is 1. The van der Waals surface area contributed by atoms with Crippen LogP contribution in [-0.4, -0.2) is 34.7 Å². The van der Waals surface area contributed by atoms with Gasteiger partial charge in [0.1, 0.15) is 0 Å². The van der Waals surface area contributed by atoms with Crippen LogP contribution in [0.1, 0.15) is 38.5 Å². The van der Waals surface area contributed by atoms with Crippen LogP contribution in [0.5, 0.6) is 0 Å². The molecule has 1 N–H and O–H groups in total. The first kappa shape index (κ1) is 8.25. The van der Waals surface area contributed by atoms with Crippen molar-refractivity contribution in [3.05, 3.63) is 0 Å². The largest absolute Gasteiger partial charge is 0.390 e. The van der Waals surface area contributed by atoms with Crippen molar-refractivity contribution in [2.45, 2.75) is 50.2 Å². The Balaban J connectivity index is 1.49. The lowest BCUT2D eigenvalue weighted by atomic mass is 10.1. The predicted molar refractivity (Wildman–Crippen MR) is 51.5 cm³/mol. The lowest BCUT2D eigenvalue weighted by molar-refractivity contribution is 0.110. The normalized spacial score (nSPS) is 41.3. The summed E-state index contributed by atoms with van der Waals surface area (Å²) in [4.78, 5) is 2.62. The Morgan fingerprint density at radius 2 is 2.23 bits per heavy atom. The summed E-state index contributed by atoms with van der Waals surface area (Å²) in [5, 5.41) is 9.73. The van der Waals surface area contributed by atoms with Gasteiger partial charge in [0.15, 0.2) is 0 Å². The molecule has 2 aliphatic carbocycles. The maximum Gasteiger partial charge on any atom is 0.0662 e. The topological polar surface area (TPSA) is 23.5 Å². The molecule has 0 bridgehead atoms. The molecule has 1 aliphatic heterocycles. The molecule has 2 nitrogen and oxygen atoms in total. The number of rotatable bonds is 3. The van der Waals surface area contributed by atoms with E-state index in [0.29, 0.717) is 0 Å². The van der Waals surface area contributed by atoms with Gasteiger partial charge in [-0.3, -0.25) is 4.90 Å². The first-order valence-corrected chi connectivity index (χ1v) is 5.73. The molecule has 3 aliphatic rings. The maximum absolute atomic E-state index is 9.73. The standard InChI is InChI=1S/C11H19NO/c13-11(3-4-11)5-7-12-6-1-2-9-8-10(9)12/h9-10,13H,1-8H2/t9-,10+/m1/s1. The number of fused-ring (bicyclic) bond motifs is 1. The van der Waals surface area contributed by atoms with Crippen molar-refractivity contribution in [1.29, 1.82) is 0 Å². The third-order valence-corrected chi connectivity index (χ3v) is 4.07. The van der Waals surface area contributed by atoms with Crippen LogP contribution < -0.4 is 0 Å². The van der Waals surface area contributed by atoms with Crippen molar-refractivity contribution in [2.75, 3.05) is 13.1 Å². The fourth-order valence-electron chi connectivity index (χ4n) is 2.74. The lowest BCUT2D eigenvalue weighted by Crippen LogP contribution is -2.34.